The molecule has 0 aliphatic rings. The largest absolute Gasteiger partial charge is 0.478 e. The fraction of sp³-hybridized carbons (Fsp3) is 0.278. The summed E-state index contributed by atoms with van der Waals surface area (Å²) in [6.45, 7) is 7.68. The highest BCUT2D eigenvalue weighted by molar-refractivity contribution is 5.86. The standard InChI is InChI=1S/C36H40N2O10/c1-25(33(39)40)16-31(23-45-21-27-10-5-3-6-11-27)47-35(43)37-19-29-14-9-15-30(18-29)20-38-36(44)48-32(17-26(2)34(41)42)24-46-22-28-12-7-4-8-13-28/h3-15,18,31-32H,1-2,16-17,19-24H2,(H,37,43)(H,38,44)(H,39,40)(H,41,42). The van der Waals surface area contributed by atoms with Crippen LogP contribution in [0.4, 0.5) is 9.59 Å². The molecule has 0 saturated carbocycles. The van der Waals surface area contributed by atoms with Gasteiger partial charge < -0.3 is 39.8 Å². The Balaban J connectivity index is 1.48. The van der Waals surface area contributed by atoms with Crippen molar-refractivity contribution in [3.63, 3.8) is 0 Å². The van der Waals surface area contributed by atoms with Crippen LogP contribution in [0.2, 0.25) is 0 Å². The van der Waals surface area contributed by atoms with Crippen molar-refractivity contribution in [3.05, 3.63) is 131 Å². The lowest BCUT2D eigenvalue weighted by atomic mass is 10.1. The number of hydrogen-bond donors (Lipinski definition) is 4. The number of hydrogen-bond acceptors (Lipinski definition) is 8. The lowest BCUT2D eigenvalue weighted by Crippen LogP contribution is -2.32. The van der Waals surface area contributed by atoms with Gasteiger partial charge in [0.2, 0.25) is 0 Å². The molecule has 0 aliphatic carbocycles. The maximum Gasteiger partial charge on any atom is 0.407 e. The van der Waals surface area contributed by atoms with E-state index in [2.05, 4.69) is 23.8 Å². The number of alkyl carbamates (subject to hydrolysis) is 2. The number of benzene rings is 3. The third-order valence-electron chi connectivity index (χ3n) is 6.80. The molecular formula is C36H40N2O10. The van der Waals surface area contributed by atoms with E-state index in [0.717, 1.165) is 11.1 Å². The average Bonchev–Trinajstić information content (AvgIpc) is 3.07. The van der Waals surface area contributed by atoms with Gasteiger partial charge in [-0.2, -0.15) is 0 Å². The van der Waals surface area contributed by atoms with E-state index in [-0.39, 0.29) is 63.5 Å². The van der Waals surface area contributed by atoms with Crippen molar-refractivity contribution in [2.45, 2.75) is 51.4 Å². The minimum atomic E-state index is -1.20. The van der Waals surface area contributed by atoms with Gasteiger partial charge in [0.1, 0.15) is 12.2 Å². The number of amides is 2. The Morgan fingerprint density at radius 3 is 1.33 bits per heavy atom. The Morgan fingerprint density at radius 1 is 0.583 bits per heavy atom. The summed E-state index contributed by atoms with van der Waals surface area (Å²) >= 11 is 0. The Bertz CT molecular complexity index is 1420. The Labute approximate surface area is 279 Å². The van der Waals surface area contributed by atoms with Crippen molar-refractivity contribution in [1.29, 1.82) is 0 Å². The summed E-state index contributed by atoms with van der Waals surface area (Å²) in [5.41, 5.74) is 3.00. The molecule has 0 aliphatic heterocycles. The number of carbonyl (C=O) groups excluding carboxylic acids is 2. The summed E-state index contributed by atoms with van der Waals surface area (Å²) in [6, 6.07) is 25.8. The zero-order valence-electron chi connectivity index (χ0n) is 26.5. The molecule has 12 heteroatoms. The van der Waals surface area contributed by atoms with Crippen molar-refractivity contribution >= 4 is 24.1 Å². The predicted octanol–water partition coefficient (Wildman–Crippen LogP) is 5.37. The van der Waals surface area contributed by atoms with E-state index in [4.69, 9.17) is 18.9 Å². The maximum absolute atomic E-state index is 12.6. The number of carboxylic acids is 2. The number of carboxylic acid groups (broad SMARTS) is 2. The van der Waals surface area contributed by atoms with Crippen molar-refractivity contribution in [2.75, 3.05) is 13.2 Å². The van der Waals surface area contributed by atoms with E-state index in [1.165, 1.54) is 0 Å². The molecule has 3 aromatic rings. The normalized spacial score (nSPS) is 11.8. The molecule has 2 unspecified atom stereocenters. The van der Waals surface area contributed by atoms with Crippen molar-refractivity contribution in [2.24, 2.45) is 0 Å². The molecule has 3 rings (SSSR count). The van der Waals surface area contributed by atoms with Gasteiger partial charge in [-0.05, 0) is 22.3 Å². The molecule has 0 saturated heterocycles. The molecule has 0 fully saturated rings. The SMILES string of the molecule is C=C(CC(COCc1ccccc1)OC(=O)NCc1cccc(CNC(=O)OC(COCc2ccccc2)CC(=C)C(=O)O)c1)C(=O)O. The number of ether oxygens (including phenoxy) is 4. The zero-order chi connectivity index (χ0) is 34.7. The summed E-state index contributed by atoms with van der Waals surface area (Å²) in [6.07, 6.45) is -3.51. The van der Waals surface area contributed by atoms with Crippen LogP contribution in [-0.2, 0) is 54.8 Å². The van der Waals surface area contributed by atoms with Crippen LogP contribution < -0.4 is 10.6 Å². The number of nitrogens with one attached hydrogen (secondary N) is 2. The third-order valence-corrected chi connectivity index (χ3v) is 6.80. The lowest BCUT2D eigenvalue weighted by molar-refractivity contribution is -0.134. The highest BCUT2D eigenvalue weighted by Gasteiger charge is 2.21. The molecule has 48 heavy (non-hydrogen) atoms. The summed E-state index contributed by atoms with van der Waals surface area (Å²) in [5.74, 6) is -2.39. The zero-order valence-corrected chi connectivity index (χ0v) is 26.5. The molecular weight excluding hydrogens is 620 g/mol. The average molecular weight is 661 g/mol. The predicted molar refractivity (Wildman–Crippen MR) is 176 cm³/mol. The van der Waals surface area contributed by atoms with Crippen LogP contribution >= 0.6 is 0 Å². The van der Waals surface area contributed by atoms with E-state index in [0.29, 0.717) is 11.1 Å². The van der Waals surface area contributed by atoms with Gasteiger partial charge in [-0.25, -0.2) is 19.2 Å². The molecule has 0 heterocycles. The second-order valence-corrected chi connectivity index (χ2v) is 10.8. The topological polar surface area (TPSA) is 170 Å². The first kappa shape index (κ1) is 37.0. The molecule has 254 valence electrons. The van der Waals surface area contributed by atoms with Gasteiger partial charge in [0.25, 0.3) is 0 Å². The third kappa shape index (κ3) is 14.3. The summed E-state index contributed by atoms with van der Waals surface area (Å²) in [7, 11) is 0. The highest BCUT2D eigenvalue weighted by atomic mass is 16.6. The van der Waals surface area contributed by atoms with Gasteiger partial charge in [0.05, 0.1) is 26.4 Å². The molecule has 0 bridgehead atoms. The van der Waals surface area contributed by atoms with Gasteiger partial charge in [0.15, 0.2) is 0 Å². The molecule has 12 nitrogen and oxygen atoms in total. The summed E-state index contributed by atoms with van der Waals surface area (Å²) < 4.78 is 22.2. The quantitative estimate of drug-likeness (QED) is 0.116. The number of aliphatic carboxylic acids is 2. The van der Waals surface area contributed by atoms with E-state index in [9.17, 15) is 29.4 Å². The van der Waals surface area contributed by atoms with Gasteiger partial charge >= 0.3 is 24.1 Å². The van der Waals surface area contributed by atoms with Crippen LogP contribution in [0.5, 0.6) is 0 Å². The van der Waals surface area contributed by atoms with Crippen LogP contribution in [-0.4, -0.2) is 59.8 Å². The number of rotatable bonds is 20. The van der Waals surface area contributed by atoms with E-state index < -0.39 is 36.3 Å². The fourth-order valence-corrected chi connectivity index (χ4v) is 4.34. The van der Waals surface area contributed by atoms with Crippen LogP contribution in [0, 0.1) is 0 Å². The summed E-state index contributed by atoms with van der Waals surface area (Å²) in [5, 5.41) is 23.8. The molecule has 0 spiro atoms. The highest BCUT2D eigenvalue weighted by Crippen LogP contribution is 2.13. The van der Waals surface area contributed by atoms with Crippen molar-refractivity contribution < 1.29 is 48.3 Å². The second-order valence-electron chi connectivity index (χ2n) is 10.8. The van der Waals surface area contributed by atoms with Gasteiger partial charge in [-0.15, -0.1) is 0 Å². The Morgan fingerprint density at radius 2 is 0.958 bits per heavy atom. The van der Waals surface area contributed by atoms with E-state index in [1.807, 2.05) is 60.7 Å². The monoisotopic (exact) mass is 660 g/mol. The molecule has 2 atom stereocenters. The van der Waals surface area contributed by atoms with Gasteiger partial charge in [-0.3, -0.25) is 0 Å². The van der Waals surface area contributed by atoms with Crippen molar-refractivity contribution in [3.8, 4) is 0 Å². The molecule has 3 aromatic carbocycles. The summed E-state index contributed by atoms with van der Waals surface area (Å²) in [4.78, 5) is 47.8. The van der Waals surface area contributed by atoms with Crippen LogP contribution in [0.25, 0.3) is 0 Å². The molecule has 4 N–H and O–H groups in total. The first-order chi connectivity index (χ1) is 23.1. The molecule has 0 aromatic heterocycles. The number of carbonyl (C=O) groups is 4. The van der Waals surface area contributed by atoms with Crippen molar-refractivity contribution in [1.82, 2.24) is 10.6 Å². The Hall–Kier alpha value is -5.46. The first-order valence-electron chi connectivity index (χ1n) is 15.1. The van der Waals surface area contributed by atoms with Gasteiger partial charge in [0, 0.05) is 37.1 Å². The lowest BCUT2D eigenvalue weighted by Gasteiger charge is -2.19. The van der Waals surface area contributed by atoms with Crippen LogP contribution in [0.15, 0.2) is 109 Å². The fourth-order valence-electron chi connectivity index (χ4n) is 4.34. The smallest absolute Gasteiger partial charge is 0.407 e. The van der Waals surface area contributed by atoms with E-state index >= 15 is 0 Å². The second kappa shape index (κ2) is 19.9. The van der Waals surface area contributed by atoms with Crippen LogP contribution in [0.1, 0.15) is 35.1 Å². The molecule has 0 radical (unpaired) electrons. The van der Waals surface area contributed by atoms with E-state index in [1.54, 1.807) is 24.3 Å². The Kier molecular flexibility index (Phi) is 15.4. The van der Waals surface area contributed by atoms with Crippen LogP contribution in [0.3, 0.4) is 0 Å². The first-order valence-corrected chi connectivity index (χ1v) is 15.1. The minimum Gasteiger partial charge on any atom is -0.478 e. The minimum absolute atomic E-state index is 0.0315. The maximum atomic E-state index is 12.6. The molecule has 2 amide bonds. The van der Waals surface area contributed by atoms with Gasteiger partial charge in [-0.1, -0.05) is 98.1 Å².